The number of hydrogen-bond acceptors (Lipinski definition) is 4. The van der Waals surface area contributed by atoms with E-state index < -0.39 is 11.9 Å². The van der Waals surface area contributed by atoms with Crippen molar-refractivity contribution in [3.05, 3.63) is 24.0 Å². The van der Waals surface area contributed by atoms with Crippen LogP contribution in [0.5, 0.6) is 11.5 Å². The molecular weight excluding hydrogens is 245 g/mol. The van der Waals surface area contributed by atoms with Gasteiger partial charge in [-0.3, -0.25) is 4.79 Å². The van der Waals surface area contributed by atoms with Crippen molar-refractivity contribution >= 4 is 18.5 Å². The molecule has 94 valence electrons. The van der Waals surface area contributed by atoms with E-state index in [9.17, 15) is 9.18 Å². The van der Waals surface area contributed by atoms with Crippen molar-refractivity contribution in [2.24, 2.45) is 0 Å². The quantitative estimate of drug-likeness (QED) is 0.746. The first-order valence-corrected chi connectivity index (χ1v) is 5.85. The number of ether oxygens (including phenoxy) is 2. The normalized spacial score (nSPS) is 16.6. The summed E-state index contributed by atoms with van der Waals surface area (Å²) < 4.78 is 23.4. The van der Waals surface area contributed by atoms with Gasteiger partial charge in [-0.1, -0.05) is 0 Å². The summed E-state index contributed by atoms with van der Waals surface area (Å²) in [6.45, 7) is 0.0934. The van der Waals surface area contributed by atoms with Gasteiger partial charge in [-0.15, -0.1) is 0 Å². The Hall–Kier alpha value is -1.43. The molecule has 1 unspecified atom stereocenters. The van der Waals surface area contributed by atoms with Crippen LogP contribution in [0.4, 0.5) is 4.39 Å². The standard InChI is InChI=1S/C10H10FNO3.CH4S/c1-12-10(13)9-5-14-8-4-6(11)2-3-7(8)15-9;1-2/h2-4,9H,5H2,1H3,(H,12,13);2H,1H3. The fourth-order valence-electron chi connectivity index (χ4n) is 1.34. The van der Waals surface area contributed by atoms with Gasteiger partial charge in [-0.05, 0) is 18.4 Å². The SMILES string of the molecule is CNC(=O)C1COc2cc(F)ccc2O1.CS. The van der Waals surface area contributed by atoms with Gasteiger partial charge in [-0.25, -0.2) is 4.39 Å². The summed E-state index contributed by atoms with van der Waals surface area (Å²) in [6.07, 6.45) is 1.02. The number of nitrogens with one attached hydrogen (secondary N) is 1. The number of halogens is 1. The second-order valence-electron chi connectivity index (χ2n) is 3.12. The number of hydrogen-bond donors (Lipinski definition) is 2. The molecule has 0 spiro atoms. The third kappa shape index (κ3) is 3.26. The highest BCUT2D eigenvalue weighted by Crippen LogP contribution is 2.31. The van der Waals surface area contributed by atoms with Crippen LogP contribution in [-0.2, 0) is 4.79 Å². The predicted molar refractivity (Wildman–Crippen MR) is 65.3 cm³/mol. The molecule has 4 nitrogen and oxygen atoms in total. The van der Waals surface area contributed by atoms with Crippen LogP contribution in [0.15, 0.2) is 18.2 Å². The Kier molecular flexibility index (Phi) is 5.09. The van der Waals surface area contributed by atoms with Crippen molar-refractivity contribution in [3.63, 3.8) is 0 Å². The molecular formula is C11H14FNO3S. The Morgan fingerprint density at radius 1 is 1.47 bits per heavy atom. The van der Waals surface area contributed by atoms with Crippen molar-refractivity contribution < 1.29 is 18.7 Å². The van der Waals surface area contributed by atoms with Crippen LogP contribution < -0.4 is 14.8 Å². The Labute approximate surface area is 105 Å². The molecule has 17 heavy (non-hydrogen) atoms. The molecule has 0 saturated heterocycles. The van der Waals surface area contributed by atoms with Crippen LogP contribution in [0.25, 0.3) is 0 Å². The minimum absolute atomic E-state index is 0.0934. The zero-order valence-electron chi connectivity index (χ0n) is 9.57. The Morgan fingerprint density at radius 3 is 2.82 bits per heavy atom. The van der Waals surface area contributed by atoms with Gasteiger partial charge in [0.1, 0.15) is 12.4 Å². The van der Waals surface area contributed by atoms with Crippen LogP contribution in [0.3, 0.4) is 0 Å². The molecule has 0 radical (unpaired) electrons. The van der Waals surface area contributed by atoms with E-state index in [1.54, 1.807) is 6.26 Å². The summed E-state index contributed by atoms with van der Waals surface area (Å²) in [6, 6.07) is 3.93. The lowest BCUT2D eigenvalue weighted by Gasteiger charge is -2.25. The zero-order chi connectivity index (χ0) is 12.8. The molecule has 1 aromatic carbocycles. The topological polar surface area (TPSA) is 47.6 Å². The van der Waals surface area contributed by atoms with Crippen LogP contribution in [0.2, 0.25) is 0 Å². The van der Waals surface area contributed by atoms with Crippen LogP contribution in [0.1, 0.15) is 0 Å². The van der Waals surface area contributed by atoms with E-state index >= 15 is 0 Å². The van der Waals surface area contributed by atoms with Gasteiger partial charge in [0, 0.05) is 13.1 Å². The van der Waals surface area contributed by atoms with E-state index in [-0.39, 0.29) is 12.5 Å². The highest BCUT2D eigenvalue weighted by Gasteiger charge is 2.26. The number of carbonyl (C=O) groups excluding carboxylic acids is 1. The Balaban J connectivity index is 0.000000686. The number of thiol groups is 1. The lowest BCUT2D eigenvalue weighted by atomic mass is 10.2. The third-order valence-electron chi connectivity index (χ3n) is 2.10. The fraction of sp³-hybridized carbons (Fsp3) is 0.364. The van der Waals surface area contributed by atoms with E-state index in [2.05, 4.69) is 17.9 Å². The van der Waals surface area contributed by atoms with Crippen LogP contribution in [0, 0.1) is 5.82 Å². The summed E-state index contributed by atoms with van der Waals surface area (Å²) in [5.41, 5.74) is 0. The molecule has 1 aromatic rings. The third-order valence-corrected chi connectivity index (χ3v) is 2.10. The summed E-state index contributed by atoms with van der Waals surface area (Å²) >= 11 is 3.53. The van der Waals surface area contributed by atoms with Gasteiger partial charge in [0.2, 0.25) is 6.10 Å². The maximum Gasteiger partial charge on any atom is 0.264 e. The first-order valence-electron chi connectivity index (χ1n) is 4.96. The number of carbonyl (C=O) groups is 1. The van der Waals surface area contributed by atoms with E-state index in [1.807, 2.05) is 0 Å². The molecule has 6 heteroatoms. The van der Waals surface area contributed by atoms with Gasteiger partial charge in [0.25, 0.3) is 5.91 Å². The average molecular weight is 259 g/mol. The molecule has 0 fully saturated rings. The summed E-state index contributed by atoms with van der Waals surface area (Å²) in [5.74, 6) is 0.0621. The summed E-state index contributed by atoms with van der Waals surface area (Å²) in [5, 5.41) is 2.46. The summed E-state index contributed by atoms with van der Waals surface area (Å²) in [4.78, 5) is 11.3. The number of amides is 1. The van der Waals surface area contributed by atoms with Crippen molar-refractivity contribution in [1.82, 2.24) is 5.32 Å². The van der Waals surface area contributed by atoms with Gasteiger partial charge in [0.05, 0.1) is 0 Å². The van der Waals surface area contributed by atoms with Crippen molar-refractivity contribution in [2.75, 3.05) is 19.9 Å². The zero-order valence-corrected chi connectivity index (χ0v) is 10.5. The van der Waals surface area contributed by atoms with Crippen LogP contribution in [-0.4, -0.2) is 31.9 Å². The Bertz CT molecular complexity index is 400. The van der Waals surface area contributed by atoms with Gasteiger partial charge >= 0.3 is 0 Å². The minimum Gasteiger partial charge on any atom is -0.485 e. The number of benzene rings is 1. The van der Waals surface area contributed by atoms with Gasteiger partial charge in [0.15, 0.2) is 11.5 Å². The van der Waals surface area contributed by atoms with Crippen LogP contribution >= 0.6 is 12.6 Å². The molecule has 1 atom stereocenters. The van der Waals surface area contributed by atoms with Crippen molar-refractivity contribution in [2.45, 2.75) is 6.10 Å². The lowest BCUT2D eigenvalue weighted by Crippen LogP contribution is -2.42. The molecule has 0 aliphatic carbocycles. The second kappa shape index (κ2) is 6.34. The number of fused-ring (bicyclic) bond motifs is 1. The molecule has 2 rings (SSSR count). The van der Waals surface area contributed by atoms with Gasteiger partial charge in [-0.2, -0.15) is 12.6 Å². The number of likely N-dealkylation sites (N-methyl/N-ethyl adjacent to an activating group) is 1. The molecule has 0 aromatic heterocycles. The van der Waals surface area contributed by atoms with Crippen molar-refractivity contribution in [3.8, 4) is 11.5 Å². The first-order chi connectivity index (χ1) is 8.20. The average Bonchev–Trinajstić information content (AvgIpc) is 2.39. The molecule has 1 N–H and O–H groups in total. The maximum absolute atomic E-state index is 12.8. The van der Waals surface area contributed by atoms with E-state index in [4.69, 9.17) is 9.47 Å². The summed E-state index contributed by atoms with van der Waals surface area (Å²) in [7, 11) is 1.52. The van der Waals surface area contributed by atoms with Gasteiger partial charge < -0.3 is 14.8 Å². The molecule has 1 amide bonds. The fourth-order valence-corrected chi connectivity index (χ4v) is 1.34. The smallest absolute Gasteiger partial charge is 0.264 e. The maximum atomic E-state index is 12.8. The molecule has 0 saturated carbocycles. The number of rotatable bonds is 1. The Morgan fingerprint density at radius 2 is 2.18 bits per heavy atom. The highest BCUT2D eigenvalue weighted by molar-refractivity contribution is 7.79. The molecule has 1 aliphatic rings. The predicted octanol–water partition coefficient (Wildman–Crippen LogP) is 1.26. The molecule has 0 bridgehead atoms. The monoisotopic (exact) mass is 259 g/mol. The molecule has 1 aliphatic heterocycles. The minimum atomic E-state index is -0.673. The van der Waals surface area contributed by atoms with Crippen molar-refractivity contribution in [1.29, 1.82) is 0 Å². The largest absolute Gasteiger partial charge is 0.485 e. The molecule has 1 heterocycles. The van der Waals surface area contributed by atoms with E-state index in [1.165, 1.54) is 25.2 Å². The first kappa shape index (κ1) is 13.6. The van der Waals surface area contributed by atoms with E-state index in [0.717, 1.165) is 0 Å². The highest BCUT2D eigenvalue weighted by atomic mass is 32.1. The lowest BCUT2D eigenvalue weighted by molar-refractivity contribution is -0.129. The van der Waals surface area contributed by atoms with E-state index in [0.29, 0.717) is 11.5 Å². The second-order valence-corrected chi connectivity index (χ2v) is 3.12.